The highest BCUT2D eigenvalue weighted by Gasteiger charge is 2.19. The molecule has 0 atom stereocenters. The summed E-state index contributed by atoms with van der Waals surface area (Å²) < 4.78 is 6.05. The molecule has 1 fully saturated rings. The molecule has 1 aliphatic carbocycles. The molecule has 1 aromatic carbocycles. The van der Waals surface area contributed by atoms with Crippen LogP contribution in [-0.2, 0) is 17.8 Å². The molecule has 1 aliphatic rings. The van der Waals surface area contributed by atoms with Gasteiger partial charge in [0.25, 0.3) is 0 Å². The van der Waals surface area contributed by atoms with Crippen molar-refractivity contribution in [3.8, 4) is 6.07 Å². The van der Waals surface area contributed by atoms with Gasteiger partial charge in [0.05, 0.1) is 18.8 Å². The van der Waals surface area contributed by atoms with E-state index in [4.69, 9.17) is 10.00 Å². The first-order chi connectivity index (χ1) is 10.8. The lowest BCUT2D eigenvalue weighted by molar-refractivity contribution is 0.0110. The monoisotopic (exact) mass is 295 g/mol. The third-order valence-electron chi connectivity index (χ3n) is 4.30. The molecule has 0 spiro atoms. The Balaban J connectivity index is 1.70. The number of benzene rings is 1. The highest BCUT2D eigenvalue weighted by molar-refractivity contribution is 5.21. The quantitative estimate of drug-likeness (QED) is 0.549. The summed E-state index contributed by atoms with van der Waals surface area (Å²) in [7, 11) is 0. The van der Waals surface area contributed by atoms with Crippen molar-refractivity contribution in [3.63, 3.8) is 0 Å². The Morgan fingerprint density at radius 3 is 2.41 bits per heavy atom. The molecule has 0 aromatic heterocycles. The van der Waals surface area contributed by atoms with Crippen LogP contribution >= 0.6 is 0 Å². The van der Waals surface area contributed by atoms with Crippen molar-refractivity contribution in [1.82, 2.24) is 0 Å². The van der Waals surface area contributed by atoms with E-state index in [2.05, 4.69) is 37.3 Å². The molecule has 0 unspecified atom stereocenters. The van der Waals surface area contributed by atoms with Crippen LogP contribution in [0.4, 0.5) is 0 Å². The van der Waals surface area contributed by atoms with Crippen LogP contribution in [0.25, 0.3) is 0 Å². The molecule has 0 saturated heterocycles. The standard InChI is InChI=1S/C20H25NO/c1-2-17-7-9-19(10-8-17)16-22-20-13-11-18(12-14-20)6-4-3-5-15-21/h3-10,18,20H,2,11-14,16H2,1H3/t18-,20-. The highest BCUT2D eigenvalue weighted by atomic mass is 16.5. The van der Waals surface area contributed by atoms with Gasteiger partial charge in [-0.1, -0.05) is 49.4 Å². The number of hydrogen-bond acceptors (Lipinski definition) is 2. The number of rotatable bonds is 6. The van der Waals surface area contributed by atoms with Crippen molar-refractivity contribution in [2.45, 2.75) is 51.7 Å². The van der Waals surface area contributed by atoms with Crippen molar-refractivity contribution >= 4 is 0 Å². The van der Waals surface area contributed by atoms with Crippen LogP contribution in [0.3, 0.4) is 0 Å². The van der Waals surface area contributed by atoms with Gasteiger partial charge in [-0.2, -0.15) is 5.26 Å². The summed E-state index contributed by atoms with van der Waals surface area (Å²) in [5.41, 5.74) is 2.64. The summed E-state index contributed by atoms with van der Waals surface area (Å²) in [6.07, 6.45) is 13.6. The van der Waals surface area contributed by atoms with Gasteiger partial charge in [0.15, 0.2) is 0 Å². The lowest BCUT2D eigenvalue weighted by Gasteiger charge is -2.26. The second-order valence-electron chi connectivity index (χ2n) is 5.89. The Hall–Kier alpha value is -1.85. The summed E-state index contributed by atoms with van der Waals surface area (Å²) in [5, 5.41) is 8.43. The summed E-state index contributed by atoms with van der Waals surface area (Å²) >= 11 is 0. The fourth-order valence-corrected chi connectivity index (χ4v) is 2.85. The normalized spacial score (nSPS) is 22.2. The van der Waals surface area contributed by atoms with Gasteiger partial charge < -0.3 is 4.74 Å². The van der Waals surface area contributed by atoms with Gasteiger partial charge in [-0.05, 0) is 49.1 Å². The van der Waals surface area contributed by atoms with Gasteiger partial charge in [0.2, 0.25) is 0 Å². The van der Waals surface area contributed by atoms with Gasteiger partial charge >= 0.3 is 0 Å². The predicted octanol–water partition coefficient (Wildman–Crippen LogP) is 4.96. The topological polar surface area (TPSA) is 33.0 Å². The predicted molar refractivity (Wildman–Crippen MR) is 90.2 cm³/mol. The molecule has 2 heteroatoms. The minimum absolute atomic E-state index is 0.394. The SMILES string of the molecule is CCc1ccc(CO[C@H]2CC[C@H](C=CC=CC#N)CC2)cc1. The molecule has 1 aromatic rings. The van der Waals surface area contributed by atoms with E-state index in [0.717, 1.165) is 25.9 Å². The van der Waals surface area contributed by atoms with Gasteiger partial charge in [0, 0.05) is 6.08 Å². The van der Waals surface area contributed by atoms with Crippen LogP contribution in [0.2, 0.25) is 0 Å². The zero-order valence-electron chi connectivity index (χ0n) is 13.4. The Kier molecular flexibility index (Phi) is 6.93. The summed E-state index contributed by atoms with van der Waals surface area (Å²) in [6, 6.07) is 10.7. The molecular formula is C20H25NO. The number of allylic oxidation sites excluding steroid dienone is 4. The average Bonchev–Trinajstić information content (AvgIpc) is 2.58. The molecule has 2 rings (SSSR count). The maximum atomic E-state index is 8.43. The molecule has 116 valence electrons. The average molecular weight is 295 g/mol. The van der Waals surface area contributed by atoms with Crippen molar-refractivity contribution in [2.75, 3.05) is 0 Å². The lowest BCUT2D eigenvalue weighted by atomic mass is 9.87. The van der Waals surface area contributed by atoms with Crippen LogP contribution in [0.1, 0.15) is 43.7 Å². The van der Waals surface area contributed by atoms with Crippen LogP contribution < -0.4 is 0 Å². The summed E-state index contributed by atoms with van der Waals surface area (Å²) in [5.74, 6) is 0.632. The zero-order valence-corrected chi connectivity index (χ0v) is 13.4. The van der Waals surface area contributed by atoms with Gasteiger partial charge in [-0.15, -0.1) is 0 Å². The molecule has 0 radical (unpaired) electrons. The number of ether oxygens (including phenoxy) is 1. The Morgan fingerprint density at radius 2 is 1.77 bits per heavy atom. The van der Waals surface area contributed by atoms with Crippen LogP contribution in [0.5, 0.6) is 0 Å². The van der Waals surface area contributed by atoms with Gasteiger partial charge in [-0.25, -0.2) is 0 Å². The van der Waals surface area contributed by atoms with E-state index in [9.17, 15) is 0 Å². The maximum Gasteiger partial charge on any atom is 0.0912 e. The Morgan fingerprint density at radius 1 is 1.09 bits per heavy atom. The lowest BCUT2D eigenvalue weighted by Crippen LogP contribution is -2.20. The molecule has 0 bridgehead atoms. The van der Waals surface area contributed by atoms with E-state index in [-0.39, 0.29) is 0 Å². The third-order valence-corrected chi connectivity index (χ3v) is 4.30. The largest absolute Gasteiger partial charge is 0.374 e. The van der Waals surface area contributed by atoms with Gasteiger partial charge in [-0.3, -0.25) is 0 Å². The molecule has 0 heterocycles. The molecular weight excluding hydrogens is 270 g/mol. The molecule has 1 saturated carbocycles. The number of aryl methyl sites for hydroxylation is 1. The van der Waals surface area contributed by atoms with Gasteiger partial charge in [0.1, 0.15) is 0 Å². The maximum absolute atomic E-state index is 8.43. The van der Waals surface area contributed by atoms with E-state index in [1.54, 1.807) is 0 Å². The Bertz CT molecular complexity index is 528. The number of nitriles is 1. The molecule has 0 aliphatic heterocycles. The third kappa shape index (κ3) is 5.50. The minimum atomic E-state index is 0.394. The van der Waals surface area contributed by atoms with Crippen molar-refractivity contribution in [3.05, 3.63) is 59.7 Å². The first-order valence-corrected chi connectivity index (χ1v) is 8.24. The van der Waals surface area contributed by atoms with Crippen LogP contribution in [-0.4, -0.2) is 6.10 Å². The Labute approximate surface area is 134 Å². The van der Waals surface area contributed by atoms with E-state index < -0.39 is 0 Å². The minimum Gasteiger partial charge on any atom is -0.374 e. The highest BCUT2D eigenvalue weighted by Crippen LogP contribution is 2.27. The van der Waals surface area contributed by atoms with E-state index in [1.807, 2.05) is 18.2 Å². The van der Waals surface area contributed by atoms with E-state index >= 15 is 0 Å². The first kappa shape index (κ1) is 16.5. The molecule has 22 heavy (non-hydrogen) atoms. The van der Waals surface area contributed by atoms with Crippen molar-refractivity contribution < 1.29 is 4.74 Å². The smallest absolute Gasteiger partial charge is 0.0912 e. The summed E-state index contributed by atoms with van der Waals surface area (Å²) in [6.45, 7) is 2.90. The van der Waals surface area contributed by atoms with E-state index in [0.29, 0.717) is 12.0 Å². The molecule has 0 N–H and O–H groups in total. The molecule has 0 amide bonds. The second-order valence-corrected chi connectivity index (χ2v) is 5.89. The summed E-state index contributed by atoms with van der Waals surface area (Å²) in [4.78, 5) is 0. The zero-order chi connectivity index (χ0) is 15.6. The number of hydrogen-bond donors (Lipinski definition) is 0. The van der Waals surface area contributed by atoms with Crippen molar-refractivity contribution in [2.24, 2.45) is 5.92 Å². The van der Waals surface area contributed by atoms with Crippen molar-refractivity contribution in [1.29, 1.82) is 5.26 Å². The van der Waals surface area contributed by atoms with E-state index in [1.165, 1.54) is 30.0 Å². The first-order valence-electron chi connectivity index (χ1n) is 8.24. The fraction of sp³-hybridized carbons (Fsp3) is 0.450. The van der Waals surface area contributed by atoms with Crippen LogP contribution in [0, 0.1) is 17.2 Å². The fourth-order valence-electron chi connectivity index (χ4n) is 2.85. The number of nitrogens with zero attached hydrogens (tertiary/aromatic N) is 1. The second kappa shape index (κ2) is 9.23. The van der Waals surface area contributed by atoms with Crippen LogP contribution in [0.15, 0.2) is 48.6 Å². The molecule has 2 nitrogen and oxygen atoms in total.